The van der Waals surface area contributed by atoms with Crippen LogP contribution >= 0.6 is 23.8 Å². The lowest BCUT2D eigenvalue weighted by Gasteiger charge is -2.36. The Kier molecular flexibility index (Phi) is 4.79. The number of imidazole rings is 1. The van der Waals surface area contributed by atoms with E-state index in [9.17, 15) is 0 Å². The lowest BCUT2D eigenvalue weighted by molar-refractivity contribution is 0.261. The third-order valence-electron chi connectivity index (χ3n) is 4.86. The minimum Gasteiger partial charge on any atom is -0.369 e. The molecule has 0 atom stereocenters. The van der Waals surface area contributed by atoms with E-state index in [0.717, 1.165) is 55.2 Å². The van der Waals surface area contributed by atoms with Gasteiger partial charge in [0.2, 0.25) is 0 Å². The fourth-order valence-electron chi connectivity index (χ4n) is 3.40. The largest absolute Gasteiger partial charge is 0.369 e. The fourth-order valence-corrected chi connectivity index (χ4v) is 3.75. The number of rotatable bonds is 4. The van der Waals surface area contributed by atoms with Gasteiger partial charge in [-0.1, -0.05) is 17.7 Å². The number of H-pyrrole nitrogens is 2. The third kappa shape index (κ3) is 3.89. The van der Waals surface area contributed by atoms with Crippen LogP contribution in [0.25, 0.3) is 11.0 Å². The van der Waals surface area contributed by atoms with Crippen molar-refractivity contribution >= 4 is 40.5 Å². The molecule has 1 fully saturated rings. The Morgan fingerprint density at radius 1 is 0.920 bits per heavy atom. The Morgan fingerprint density at radius 3 is 2.40 bits per heavy atom. The van der Waals surface area contributed by atoms with Gasteiger partial charge < -0.3 is 14.9 Å². The molecule has 1 saturated heterocycles. The Morgan fingerprint density at radius 2 is 1.64 bits per heavy atom. The molecule has 6 heteroatoms. The first-order chi connectivity index (χ1) is 12.2. The van der Waals surface area contributed by atoms with Gasteiger partial charge >= 0.3 is 0 Å². The predicted octanol–water partition coefficient (Wildman–Crippen LogP) is 4.24. The van der Waals surface area contributed by atoms with Crippen LogP contribution in [-0.4, -0.2) is 47.6 Å². The minimum atomic E-state index is 0.686. The molecule has 2 heterocycles. The van der Waals surface area contributed by atoms with Gasteiger partial charge in [0, 0.05) is 43.4 Å². The highest BCUT2D eigenvalue weighted by atomic mass is 35.5. The van der Waals surface area contributed by atoms with E-state index in [4.69, 9.17) is 23.8 Å². The van der Waals surface area contributed by atoms with Crippen LogP contribution in [0.2, 0.25) is 5.02 Å². The van der Waals surface area contributed by atoms with Gasteiger partial charge in [0.1, 0.15) is 0 Å². The van der Waals surface area contributed by atoms with Crippen LogP contribution < -0.4 is 4.90 Å². The first-order valence-corrected chi connectivity index (χ1v) is 9.40. The van der Waals surface area contributed by atoms with E-state index in [1.165, 1.54) is 11.3 Å². The first-order valence-electron chi connectivity index (χ1n) is 8.61. The van der Waals surface area contributed by atoms with E-state index in [-0.39, 0.29) is 0 Å². The van der Waals surface area contributed by atoms with Crippen molar-refractivity contribution in [1.29, 1.82) is 0 Å². The summed E-state index contributed by atoms with van der Waals surface area (Å²) < 4.78 is 0.686. The molecular weight excluding hydrogens is 352 g/mol. The summed E-state index contributed by atoms with van der Waals surface area (Å²) in [5.41, 5.74) is 4.77. The van der Waals surface area contributed by atoms with Gasteiger partial charge in [-0.25, -0.2) is 0 Å². The molecule has 0 radical (unpaired) electrons. The summed E-state index contributed by atoms with van der Waals surface area (Å²) in [4.78, 5) is 11.3. The summed E-state index contributed by atoms with van der Waals surface area (Å²) in [5.74, 6) is 0. The maximum atomic E-state index is 5.97. The maximum absolute atomic E-state index is 5.97. The summed E-state index contributed by atoms with van der Waals surface area (Å²) in [7, 11) is 0. The zero-order valence-electron chi connectivity index (χ0n) is 14.0. The van der Waals surface area contributed by atoms with Gasteiger partial charge in [0.25, 0.3) is 0 Å². The third-order valence-corrected chi connectivity index (χ3v) is 5.32. The van der Waals surface area contributed by atoms with Gasteiger partial charge in [-0.05, 0) is 60.6 Å². The Balaban J connectivity index is 1.32. The van der Waals surface area contributed by atoms with Crippen LogP contribution in [0.15, 0.2) is 42.5 Å². The van der Waals surface area contributed by atoms with Crippen LogP contribution in [-0.2, 0) is 6.42 Å². The number of hydrogen-bond acceptors (Lipinski definition) is 3. The molecule has 1 aromatic heterocycles. The summed E-state index contributed by atoms with van der Waals surface area (Å²) in [6, 6.07) is 14.6. The number of fused-ring (bicyclic) bond motifs is 1. The van der Waals surface area contributed by atoms with Gasteiger partial charge in [0.05, 0.1) is 11.0 Å². The molecule has 2 aromatic carbocycles. The molecule has 1 aliphatic rings. The number of aromatic amines is 2. The van der Waals surface area contributed by atoms with Crippen molar-refractivity contribution in [2.75, 3.05) is 37.6 Å². The quantitative estimate of drug-likeness (QED) is 0.672. The molecule has 1 aliphatic heterocycles. The smallest absolute Gasteiger partial charge is 0.175 e. The molecule has 0 unspecified atom stereocenters. The zero-order valence-corrected chi connectivity index (χ0v) is 15.5. The summed E-state index contributed by atoms with van der Waals surface area (Å²) in [5, 5.41) is 0.794. The number of aromatic nitrogens is 2. The first kappa shape index (κ1) is 16.6. The molecule has 25 heavy (non-hydrogen) atoms. The average molecular weight is 373 g/mol. The van der Waals surface area contributed by atoms with Gasteiger partial charge in [-0.3, -0.25) is 4.90 Å². The molecule has 130 valence electrons. The van der Waals surface area contributed by atoms with Crippen LogP contribution in [0.1, 0.15) is 5.56 Å². The monoisotopic (exact) mass is 372 g/mol. The highest BCUT2D eigenvalue weighted by molar-refractivity contribution is 7.71. The van der Waals surface area contributed by atoms with Crippen molar-refractivity contribution in [1.82, 2.24) is 14.9 Å². The van der Waals surface area contributed by atoms with Crippen molar-refractivity contribution in [2.24, 2.45) is 0 Å². The average Bonchev–Trinajstić information content (AvgIpc) is 3.00. The fraction of sp³-hybridized carbons (Fsp3) is 0.316. The molecule has 4 rings (SSSR count). The van der Waals surface area contributed by atoms with E-state index in [0.29, 0.717) is 4.77 Å². The van der Waals surface area contributed by atoms with Crippen molar-refractivity contribution in [3.63, 3.8) is 0 Å². The molecule has 4 nitrogen and oxygen atoms in total. The van der Waals surface area contributed by atoms with E-state index in [2.05, 4.69) is 50.1 Å². The second kappa shape index (κ2) is 7.20. The standard InChI is InChI=1S/C19H21ClN4S/c20-15-2-4-16(5-3-15)24-11-9-23(10-12-24)8-7-14-1-6-17-18(13-14)22-19(25)21-17/h1-6,13H,7-12H2,(H2,21,22,25). The molecule has 2 N–H and O–H groups in total. The van der Waals surface area contributed by atoms with Gasteiger partial charge in [0.15, 0.2) is 4.77 Å². The molecule has 0 aliphatic carbocycles. The molecule has 3 aromatic rings. The summed E-state index contributed by atoms with van der Waals surface area (Å²) in [6.45, 7) is 5.40. The normalized spacial score (nSPS) is 15.8. The number of anilines is 1. The van der Waals surface area contributed by atoms with E-state index < -0.39 is 0 Å². The number of benzene rings is 2. The van der Waals surface area contributed by atoms with Crippen molar-refractivity contribution < 1.29 is 0 Å². The highest BCUT2D eigenvalue weighted by Crippen LogP contribution is 2.20. The highest BCUT2D eigenvalue weighted by Gasteiger charge is 2.17. The number of hydrogen-bond donors (Lipinski definition) is 2. The van der Waals surface area contributed by atoms with Crippen LogP contribution in [0.3, 0.4) is 0 Å². The summed E-state index contributed by atoms with van der Waals surface area (Å²) in [6.07, 6.45) is 1.06. The SMILES string of the molecule is S=c1[nH]c2ccc(CCN3CCN(c4ccc(Cl)cc4)CC3)cc2[nH]1. The molecule has 0 bridgehead atoms. The molecule has 0 saturated carbocycles. The summed E-state index contributed by atoms with van der Waals surface area (Å²) >= 11 is 11.1. The van der Waals surface area contributed by atoms with Crippen molar-refractivity contribution in [3.8, 4) is 0 Å². The Hall–Kier alpha value is -1.82. The maximum Gasteiger partial charge on any atom is 0.175 e. The zero-order chi connectivity index (χ0) is 17.2. The van der Waals surface area contributed by atoms with Crippen molar-refractivity contribution in [3.05, 3.63) is 57.8 Å². The number of halogens is 1. The van der Waals surface area contributed by atoms with Crippen LogP contribution in [0, 0.1) is 4.77 Å². The topological polar surface area (TPSA) is 38.1 Å². The van der Waals surface area contributed by atoms with E-state index in [1.807, 2.05) is 12.1 Å². The predicted molar refractivity (Wildman–Crippen MR) is 107 cm³/mol. The molecule has 0 spiro atoms. The second-order valence-corrected chi connectivity index (χ2v) is 7.36. The lowest BCUT2D eigenvalue weighted by atomic mass is 10.1. The number of nitrogens with one attached hydrogen (secondary N) is 2. The molecular formula is C19H21ClN4S. The molecule has 0 amide bonds. The van der Waals surface area contributed by atoms with E-state index in [1.54, 1.807) is 0 Å². The van der Waals surface area contributed by atoms with Crippen LogP contribution in [0.4, 0.5) is 5.69 Å². The van der Waals surface area contributed by atoms with Crippen molar-refractivity contribution in [2.45, 2.75) is 6.42 Å². The van der Waals surface area contributed by atoms with Gasteiger partial charge in [-0.2, -0.15) is 0 Å². The van der Waals surface area contributed by atoms with E-state index >= 15 is 0 Å². The lowest BCUT2D eigenvalue weighted by Crippen LogP contribution is -2.46. The van der Waals surface area contributed by atoms with Gasteiger partial charge in [-0.15, -0.1) is 0 Å². The Labute approximate surface area is 157 Å². The Bertz CT molecular complexity index is 907. The number of nitrogens with zero attached hydrogens (tertiary/aromatic N) is 2. The number of piperazine rings is 1. The minimum absolute atomic E-state index is 0.686. The second-order valence-electron chi connectivity index (χ2n) is 6.51. The van der Waals surface area contributed by atoms with Crippen LogP contribution in [0.5, 0.6) is 0 Å².